The van der Waals surface area contributed by atoms with E-state index in [9.17, 15) is 4.79 Å². The molecule has 0 unspecified atom stereocenters. The zero-order valence-electron chi connectivity index (χ0n) is 12.7. The Labute approximate surface area is 127 Å². The van der Waals surface area contributed by atoms with Crippen LogP contribution in [0.3, 0.4) is 0 Å². The number of nitrogens with one attached hydrogen (secondary N) is 2. The Balaban J connectivity index is 1.45. The third-order valence-electron chi connectivity index (χ3n) is 4.69. The molecule has 0 radical (unpaired) electrons. The molecule has 0 aromatic heterocycles. The average molecular weight is 286 g/mol. The maximum atomic E-state index is 11.8. The van der Waals surface area contributed by atoms with Crippen molar-refractivity contribution in [1.29, 1.82) is 0 Å². The van der Waals surface area contributed by atoms with Gasteiger partial charge in [-0.2, -0.15) is 0 Å². The van der Waals surface area contributed by atoms with E-state index in [1.165, 1.54) is 50.5 Å². The lowest BCUT2D eigenvalue weighted by Crippen LogP contribution is -2.29. The lowest BCUT2D eigenvalue weighted by molar-refractivity contribution is -0.115. The van der Waals surface area contributed by atoms with E-state index < -0.39 is 0 Å². The largest absolute Gasteiger partial charge is 0.325 e. The molecule has 0 heterocycles. The lowest BCUT2D eigenvalue weighted by atomic mass is 9.84. The summed E-state index contributed by atoms with van der Waals surface area (Å²) in [6, 6.07) is 8.46. The second-order valence-corrected chi connectivity index (χ2v) is 6.58. The van der Waals surface area contributed by atoms with Gasteiger partial charge in [0.25, 0.3) is 0 Å². The molecule has 3 heteroatoms. The molecule has 0 saturated heterocycles. The van der Waals surface area contributed by atoms with Gasteiger partial charge in [-0.1, -0.05) is 31.4 Å². The van der Waals surface area contributed by atoms with Gasteiger partial charge in [0.1, 0.15) is 0 Å². The molecule has 0 bridgehead atoms. The monoisotopic (exact) mass is 286 g/mol. The van der Waals surface area contributed by atoms with Crippen LogP contribution in [0.2, 0.25) is 0 Å². The van der Waals surface area contributed by atoms with Crippen molar-refractivity contribution in [3.05, 3.63) is 29.8 Å². The summed E-state index contributed by atoms with van der Waals surface area (Å²) >= 11 is 0. The van der Waals surface area contributed by atoms with Crippen molar-refractivity contribution >= 4 is 11.6 Å². The topological polar surface area (TPSA) is 41.1 Å². The van der Waals surface area contributed by atoms with Crippen molar-refractivity contribution in [2.45, 2.75) is 50.9 Å². The number of benzene rings is 1. The SMILES string of the molecule is O=C(CNCC1CC1)Nc1ccc(C2CCCCC2)cc1. The predicted octanol–water partition coefficient (Wildman–Crippen LogP) is 3.67. The van der Waals surface area contributed by atoms with Gasteiger partial charge < -0.3 is 10.6 Å². The molecular weight excluding hydrogens is 260 g/mol. The van der Waals surface area contributed by atoms with Crippen LogP contribution in [0.25, 0.3) is 0 Å². The maximum Gasteiger partial charge on any atom is 0.238 e. The first kappa shape index (κ1) is 14.6. The second kappa shape index (κ2) is 7.08. The highest BCUT2D eigenvalue weighted by molar-refractivity contribution is 5.92. The van der Waals surface area contributed by atoms with E-state index in [0.29, 0.717) is 6.54 Å². The molecule has 2 aliphatic carbocycles. The van der Waals surface area contributed by atoms with Crippen LogP contribution >= 0.6 is 0 Å². The van der Waals surface area contributed by atoms with E-state index in [2.05, 4.69) is 22.8 Å². The number of hydrogen-bond acceptors (Lipinski definition) is 2. The van der Waals surface area contributed by atoms with Gasteiger partial charge in [0.05, 0.1) is 6.54 Å². The summed E-state index contributed by atoms with van der Waals surface area (Å²) in [6.45, 7) is 1.40. The van der Waals surface area contributed by atoms with Crippen LogP contribution in [0.1, 0.15) is 56.4 Å². The van der Waals surface area contributed by atoms with Gasteiger partial charge in [-0.25, -0.2) is 0 Å². The highest BCUT2D eigenvalue weighted by atomic mass is 16.1. The molecule has 0 atom stereocenters. The van der Waals surface area contributed by atoms with E-state index in [1.807, 2.05) is 12.1 Å². The fourth-order valence-corrected chi connectivity index (χ4v) is 3.19. The van der Waals surface area contributed by atoms with Crippen LogP contribution < -0.4 is 10.6 Å². The van der Waals surface area contributed by atoms with Crippen molar-refractivity contribution in [3.8, 4) is 0 Å². The number of rotatable bonds is 6. The summed E-state index contributed by atoms with van der Waals surface area (Å²) < 4.78 is 0. The Morgan fingerprint density at radius 2 is 1.71 bits per heavy atom. The first-order chi connectivity index (χ1) is 10.3. The van der Waals surface area contributed by atoms with Gasteiger partial charge in [0, 0.05) is 5.69 Å². The Bertz CT molecular complexity index is 459. The average Bonchev–Trinajstić information content (AvgIpc) is 3.33. The van der Waals surface area contributed by atoms with E-state index in [-0.39, 0.29) is 5.91 Å². The highest BCUT2D eigenvalue weighted by Crippen LogP contribution is 2.33. The number of hydrogen-bond donors (Lipinski definition) is 2. The highest BCUT2D eigenvalue weighted by Gasteiger charge is 2.20. The van der Waals surface area contributed by atoms with Crippen molar-refractivity contribution in [1.82, 2.24) is 5.32 Å². The Hall–Kier alpha value is -1.35. The second-order valence-electron chi connectivity index (χ2n) is 6.58. The molecule has 2 saturated carbocycles. The maximum absolute atomic E-state index is 11.8. The fourth-order valence-electron chi connectivity index (χ4n) is 3.19. The van der Waals surface area contributed by atoms with E-state index >= 15 is 0 Å². The van der Waals surface area contributed by atoms with E-state index in [4.69, 9.17) is 0 Å². The third kappa shape index (κ3) is 4.57. The number of carbonyl (C=O) groups is 1. The summed E-state index contributed by atoms with van der Waals surface area (Å²) in [7, 11) is 0. The molecule has 0 aliphatic heterocycles. The first-order valence-electron chi connectivity index (χ1n) is 8.42. The molecule has 2 aliphatic rings. The molecule has 1 aromatic rings. The Morgan fingerprint density at radius 3 is 2.38 bits per heavy atom. The van der Waals surface area contributed by atoms with E-state index in [0.717, 1.165) is 24.1 Å². The van der Waals surface area contributed by atoms with Crippen molar-refractivity contribution < 1.29 is 4.79 Å². The molecule has 3 nitrogen and oxygen atoms in total. The fraction of sp³-hybridized carbons (Fsp3) is 0.611. The van der Waals surface area contributed by atoms with Gasteiger partial charge in [-0.05, 0) is 61.8 Å². The van der Waals surface area contributed by atoms with Crippen LogP contribution in [0, 0.1) is 5.92 Å². The molecule has 3 rings (SSSR count). The van der Waals surface area contributed by atoms with Gasteiger partial charge in [0.15, 0.2) is 0 Å². The van der Waals surface area contributed by atoms with Gasteiger partial charge in [-0.3, -0.25) is 4.79 Å². The first-order valence-corrected chi connectivity index (χ1v) is 8.42. The molecule has 21 heavy (non-hydrogen) atoms. The number of amides is 1. The summed E-state index contributed by atoms with van der Waals surface area (Å²) in [5, 5.41) is 6.18. The number of anilines is 1. The predicted molar refractivity (Wildman–Crippen MR) is 86.5 cm³/mol. The summed E-state index contributed by atoms with van der Waals surface area (Å²) in [5.41, 5.74) is 2.34. The van der Waals surface area contributed by atoms with Crippen molar-refractivity contribution in [3.63, 3.8) is 0 Å². The Morgan fingerprint density at radius 1 is 1.00 bits per heavy atom. The standard InChI is InChI=1S/C18H26N2O/c21-18(13-19-12-14-6-7-14)20-17-10-8-16(9-11-17)15-4-2-1-3-5-15/h8-11,14-15,19H,1-7,12-13H2,(H,20,21). The molecule has 1 amide bonds. The summed E-state index contributed by atoms with van der Waals surface area (Å²) in [5.74, 6) is 1.59. The molecule has 114 valence electrons. The van der Waals surface area contributed by atoms with Gasteiger partial charge in [0.2, 0.25) is 5.91 Å². The van der Waals surface area contributed by atoms with Crippen LogP contribution in [0.15, 0.2) is 24.3 Å². The van der Waals surface area contributed by atoms with Gasteiger partial charge in [-0.15, -0.1) is 0 Å². The molecule has 2 N–H and O–H groups in total. The minimum Gasteiger partial charge on any atom is -0.325 e. The number of carbonyl (C=O) groups excluding carboxylic acids is 1. The minimum atomic E-state index is 0.0565. The zero-order valence-corrected chi connectivity index (χ0v) is 12.7. The van der Waals surface area contributed by atoms with Crippen LogP contribution in [0.4, 0.5) is 5.69 Å². The summed E-state index contributed by atoms with van der Waals surface area (Å²) in [6.07, 6.45) is 9.37. The van der Waals surface area contributed by atoms with Crippen LogP contribution in [-0.4, -0.2) is 19.0 Å². The van der Waals surface area contributed by atoms with Crippen LogP contribution in [-0.2, 0) is 4.79 Å². The van der Waals surface area contributed by atoms with Crippen LogP contribution in [0.5, 0.6) is 0 Å². The summed E-state index contributed by atoms with van der Waals surface area (Å²) in [4.78, 5) is 11.8. The van der Waals surface area contributed by atoms with Crippen molar-refractivity contribution in [2.75, 3.05) is 18.4 Å². The molecule has 2 fully saturated rings. The third-order valence-corrected chi connectivity index (χ3v) is 4.69. The van der Waals surface area contributed by atoms with Crippen molar-refractivity contribution in [2.24, 2.45) is 5.92 Å². The Kier molecular flexibility index (Phi) is 4.91. The quantitative estimate of drug-likeness (QED) is 0.837. The zero-order chi connectivity index (χ0) is 14.5. The minimum absolute atomic E-state index is 0.0565. The molecule has 1 aromatic carbocycles. The lowest BCUT2D eigenvalue weighted by Gasteiger charge is -2.22. The van der Waals surface area contributed by atoms with E-state index in [1.54, 1.807) is 0 Å². The van der Waals surface area contributed by atoms with Gasteiger partial charge >= 0.3 is 0 Å². The molecule has 0 spiro atoms. The normalized spacial score (nSPS) is 19.4. The molecular formula is C18H26N2O. The smallest absolute Gasteiger partial charge is 0.238 e.